The zero-order valence-electron chi connectivity index (χ0n) is 10.7. The number of imidazole rings is 1. The van der Waals surface area contributed by atoms with Crippen LogP contribution in [0.1, 0.15) is 16.5 Å². The van der Waals surface area contributed by atoms with Crippen molar-refractivity contribution in [3.05, 3.63) is 77.1 Å². The number of nitrogens with zero attached hydrogens (tertiary/aromatic N) is 2. The van der Waals surface area contributed by atoms with E-state index in [-0.39, 0.29) is 6.04 Å². The molecule has 4 rings (SSSR count). The van der Waals surface area contributed by atoms with Gasteiger partial charge in [-0.3, -0.25) is 0 Å². The lowest BCUT2D eigenvalue weighted by Gasteiger charge is -2.16. The lowest BCUT2D eigenvalue weighted by atomic mass is 10.0. The van der Waals surface area contributed by atoms with Crippen molar-refractivity contribution in [1.29, 1.82) is 0 Å². The van der Waals surface area contributed by atoms with Crippen LogP contribution in [0.2, 0.25) is 0 Å². The van der Waals surface area contributed by atoms with Crippen LogP contribution >= 0.6 is 11.3 Å². The average molecular weight is 279 g/mol. The van der Waals surface area contributed by atoms with Crippen LogP contribution in [-0.2, 0) is 0 Å². The van der Waals surface area contributed by atoms with Gasteiger partial charge in [0.25, 0.3) is 0 Å². The normalized spacial score (nSPS) is 12.8. The SMILES string of the molecule is c1csc(C(c2c[nH]c3ccccc23)n2ccnc2)c1. The highest BCUT2D eigenvalue weighted by atomic mass is 32.1. The number of H-pyrrole nitrogens is 1. The first-order chi connectivity index (χ1) is 9.93. The second kappa shape index (κ2) is 4.65. The molecule has 0 radical (unpaired) electrons. The van der Waals surface area contributed by atoms with Crippen molar-refractivity contribution in [1.82, 2.24) is 14.5 Å². The molecule has 0 saturated carbocycles. The van der Waals surface area contributed by atoms with E-state index < -0.39 is 0 Å². The molecule has 3 aromatic heterocycles. The van der Waals surface area contributed by atoms with Gasteiger partial charge in [-0.1, -0.05) is 24.3 Å². The number of nitrogens with one attached hydrogen (secondary N) is 1. The second-order valence-electron chi connectivity index (χ2n) is 4.72. The molecule has 3 nitrogen and oxygen atoms in total. The van der Waals surface area contributed by atoms with Gasteiger partial charge < -0.3 is 9.55 Å². The molecule has 20 heavy (non-hydrogen) atoms. The van der Waals surface area contributed by atoms with E-state index in [1.807, 2.05) is 18.7 Å². The number of fused-ring (bicyclic) bond motifs is 1. The van der Waals surface area contributed by atoms with Crippen LogP contribution in [0.3, 0.4) is 0 Å². The van der Waals surface area contributed by atoms with E-state index in [1.165, 1.54) is 21.3 Å². The van der Waals surface area contributed by atoms with Gasteiger partial charge in [0.2, 0.25) is 0 Å². The first-order valence-electron chi connectivity index (χ1n) is 6.50. The first-order valence-corrected chi connectivity index (χ1v) is 7.38. The molecule has 98 valence electrons. The van der Waals surface area contributed by atoms with Gasteiger partial charge in [0.05, 0.1) is 12.4 Å². The predicted octanol–water partition coefficient (Wildman–Crippen LogP) is 4.06. The monoisotopic (exact) mass is 279 g/mol. The Morgan fingerprint density at radius 2 is 2.10 bits per heavy atom. The van der Waals surface area contributed by atoms with Crippen LogP contribution in [0.25, 0.3) is 10.9 Å². The van der Waals surface area contributed by atoms with Crippen LogP contribution in [0, 0.1) is 0 Å². The Kier molecular flexibility index (Phi) is 2.67. The summed E-state index contributed by atoms with van der Waals surface area (Å²) in [6.45, 7) is 0. The van der Waals surface area contributed by atoms with Crippen molar-refractivity contribution in [3.63, 3.8) is 0 Å². The summed E-state index contributed by atoms with van der Waals surface area (Å²) in [6.07, 6.45) is 7.84. The summed E-state index contributed by atoms with van der Waals surface area (Å²) in [7, 11) is 0. The lowest BCUT2D eigenvalue weighted by Crippen LogP contribution is -2.08. The number of aromatic nitrogens is 3. The number of para-hydroxylation sites is 1. The fourth-order valence-electron chi connectivity index (χ4n) is 2.65. The molecule has 0 saturated heterocycles. The van der Waals surface area contributed by atoms with E-state index in [4.69, 9.17) is 0 Å². The average Bonchev–Trinajstić information content (AvgIpc) is 3.22. The van der Waals surface area contributed by atoms with Crippen molar-refractivity contribution < 1.29 is 0 Å². The lowest BCUT2D eigenvalue weighted by molar-refractivity contribution is 0.693. The Bertz CT molecular complexity index is 778. The number of aromatic amines is 1. The molecular formula is C16H13N3S. The third kappa shape index (κ3) is 1.77. The molecule has 0 bridgehead atoms. The van der Waals surface area contributed by atoms with Gasteiger partial charge in [-0.25, -0.2) is 4.98 Å². The summed E-state index contributed by atoms with van der Waals surface area (Å²) in [6, 6.07) is 12.9. The molecule has 1 unspecified atom stereocenters. The zero-order valence-corrected chi connectivity index (χ0v) is 11.5. The summed E-state index contributed by atoms with van der Waals surface area (Å²) in [5.41, 5.74) is 2.45. The second-order valence-corrected chi connectivity index (χ2v) is 5.70. The van der Waals surface area contributed by atoms with Gasteiger partial charge in [0.1, 0.15) is 0 Å². The maximum Gasteiger partial charge on any atom is 0.0960 e. The fourth-order valence-corrected chi connectivity index (χ4v) is 3.50. The summed E-state index contributed by atoms with van der Waals surface area (Å²) in [5, 5.41) is 3.38. The van der Waals surface area contributed by atoms with Gasteiger partial charge in [-0.05, 0) is 17.5 Å². The van der Waals surface area contributed by atoms with E-state index in [1.54, 1.807) is 11.3 Å². The predicted molar refractivity (Wildman–Crippen MR) is 82.1 cm³/mol. The Balaban J connectivity index is 1.95. The van der Waals surface area contributed by atoms with Crippen LogP contribution < -0.4 is 0 Å². The Labute approximate surface area is 120 Å². The van der Waals surface area contributed by atoms with Crippen molar-refractivity contribution in [3.8, 4) is 0 Å². The van der Waals surface area contributed by atoms with E-state index >= 15 is 0 Å². The zero-order chi connectivity index (χ0) is 13.4. The molecule has 1 atom stereocenters. The minimum absolute atomic E-state index is 0.175. The van der Waals surface area contributed by atoms with Crippen LogP contribution in [0.4, 0.5) is 0 Å². The Morgan fingerprint density at radius 1 is 1.15 bits per heavy atom. The highest BCUT2D eigenvalue weighted by Crippen LogP contribution is 2.34. The third-order valence-corrected chi connectivity index (χ3v) is 4.48. The molecule has 3 heterocycles. The third-order valence-electron chi connectivity index (χ3n) is 3.55. The minimum atomic E-state index is 0.175. The van der Waals surface area contributed by atoms with Crippen molar-refractivity contribution in [2.24, 2.45) is 0 Å². The number of rotatable bonds is 3. The van der Waals surface area contributed by atoms with E-state index in [9.17, 15) is 0 Å². The molecule has 1 aromatic carbocycles. The highest BCUT2D eigenvalue weighted by Gasteiger charge is 2.20. The van der Waals surface area contributed by atoms with Gasteiger partial charge in [0, 0.05) is 39.9 Å². The highest BCUT2D eigenvalue weighted by molar-refractivity contribution is 7.10. The van der Waals surface area contributed by atoms with Crippen molar-refractivity contribution in [2.75, 3.05) is 0 Å². The quantitative estimate of drug-likeness (QED) is 0.602. The number of hydrogen-bond acceptors (Lipinski definition) is 2. The van der Waals surface area contributed by atoms with Gasteiger partial charge >= 0.3 is 0 Å². The minimum Gasteiger partial charge on any atom is -0.361 e. The van der Waals surface area contributed by atoms with E-state index in [2.05, 4.69) is 62.5 Å². The van der Waals surface area contributed by atoms with Crippen molar-refractivity contribution >= 4 is 22.2 Å². The molecule has 0 aliphatic rings. The summed E-state index contributed by atoms with van der Waals surface area (Å²) in [4.78, 5) is 8.88. The van der Waals surface area contributed by atoms with Crippen LogP contribution in [-0.4, -0.2) is 14.5 Å². The van der Waals surface area contributed by atoms with Crippen LogP contribution in [0.5, 0.6) is 0 Å². The Morgan fingerprint density at radius 3 is 2.90 bits per heavy atom. The molecule has 1 N–H and O–H groups in total. The summed E-state index contributed by atoms with van der Waals surface area (Å²) >= 11 is 1.77. The summed E-state index contributed by atoms with van der Waals surface area (Å²) < 4.78 is 2.15. The van der Waals surface area contributed by atoms with Gasteiger partial charge in [-0.15, -0.1) is 11.3 Å². The molecule has 0 amide bonds. The Hall–Kier alpha value is -2.33. The summed E-state index contributed by atoms with van der Waals surface area (Å²) in [5.74, 6) is 0. The number of hydrogen-bond donors (Lipinski definition) is 1. The number of benzene rings is 1. The maximum absolute atomic E-state index is 4.20. The molecule has 0 aliphatic carbocycles. The molecule has 0 fully saturated rings. The topological polar surface area (TPSA) is 33.6 Å². The smallest absolute Gasteiger partial charge is 0.0960 e. The van der Waals surface area contributed by atoms with Gasteiger partial charge in [-0.2, -0.15) is 0 Å². The molecular weight excluding hydrogens is 266 g/mol. The molecule has 4 aromatic rings. The van der Waals surface area contributed by atoms with E-state index in [0.29, 0.717) is 0 Å². The van der Waals surface area contributed by atoms with E-state index in [0.717, 1.165) is 0 Å². The molecule has 4 heteroatoms. The van der Waals surface area contributed by atoms with Crippen molar-refractivity contribution in [2.45, 2.75) is 6.04 Å². The first kappa shape index (κ1) is 11.5. The molecule has 0 spiro atoms. The fraction of sp³-hybridized carbons (Fsp3) is 0.0625. The standard InChI is InChI=1S/C16H13N3S/c1-2-5-14-12(4-1)13(10-18-14)16(15-6-3-9-20-15)19-8-7-17-11-19/h1-11,16,18H. The van der Waals surface area contributed by atoms with Crippen LogP contribution in [0.15, 0.2) is 66.7 Å². The molecule has 0 aliphatic heterocycles. The van der Waals surface area contributed by atoms with Gasteiger partial charge in [0.15, 0.2) is 0 Å². The number of thiophene rings is 1. The maximum atomic E-state index is 4.20. The largest absolute Gasteiger partial charge is 0.361 e.